The largest absolute Gasteiger partial charge is 0.372 e. The molecule has 0 aromatic carbocycles. The van der Waals surface area contributed by atoms with E-state index < -0.39 is 0 Å². The standard InChI is InChI=1S/C11H16N2/c1-13-9-5-4-8-12-10-6-2-3-7-11(10)13/h2-3,5-7,9-12H,4,8H2,1H3/b9-5-. The van der Waals surface area contributed by atoms with E-state index >= 15 is 0 Å². The van der Waals surface area contributed by atoms with Gasteiger partial charge in [0, 0.05) is 13.1 Å². The van der Waals surface area contributed by atoms with Crippen molar-refractivity contribution in [3.05, 3.63) is 36.6 Å². The topological polar surface area (TPSA) is 15.3 Å². The van der Waals surface area contributed by atoms with Gasteiger partial charge in [-0.2, -0.15) is 0 Å². The molecule has 0 aromatic heterocycles. The van der Waals surface area contributed by atoms with Crippen molar-refractivity contribution in [3.63, 3.8) is 0 Å². The molecule has 2 atom stereocenters. The summed E-state index contributed by atoms with van der Waals surface area (Å²) in [6, 6.07) is 0.946. The van der Waals surface area contributed by atoms with Crippen LogP contribution in [0.25, 0.3) is 0 Å². The fourth-order valence-corrected chi connectivity index (χ4v) is 1.85. The molecule has 2 rings (SSSR count). The van der Waals surface area contributed by atoms with Gasteiger partial charge in [0.25, 0.3) is 0 Å². The summed E-state index contributed by atoms with van der Waals surface area (Å²) in [6.07, 6.45) is 14.2. The van der Waals surface area contributed by atoms with Gasteiger partial charge in [0.1, 0.15) is 0 Å². The number of nitrogens with one attached hydrogen (secondary N) is 1. The minimum Gasteiger partial charge on any atom is -0.372 e. The van der Waals surface area contributed by atoms with E-state index in [0.29, 0.717) is 12.1 Å². The Hall–Kier alpha value is -1.02. The summed E-state index contributed by atoms with van der Waals surface area (Å²) in [5, 5.41) is 3.52. The first-order valence-electron chi connectivity index (χ1n) is 4.85. The molecule has 0 radical (unpaired) electrons. The molecular weight excluding hydrogens is 160 g/mol. The third-order valence-electron chi connectivity index (χ3n) is 2.61. The van der Waals surface area contributed by atoms with E-state index in [0.717, 1.165) is 13.0 Å². The monoisotopic (exact) mass is 176 g/mol. The summed E-state index contributed by atoms with van der Waals surface area (Å²) < 4.78 is 0. The normalized spacial score (nSPS) is 35.0. The van der Waals surface area contributed by atoms with Gasteiger partial charge in [0.2, 0.25) is 0 Å². The van der Waals surface area contributed by atoms with Crippen molar-refractivity contribution in [3.8, 4) is 0 Å². The van der Waals surface area contributed by atoms with Crippen LogP contribution in [0.5, 0.6) is 0 Å². The van der Waals surface area contributed by atoms with Crippen molar-refractivity contribution in [2.75, 3.05) is 13.6 Å². The Labute approximate surface area is 79.6 Å². The van der Waals surface area contributed by atoms with E-state index in [1.54, 1.807) is 0 Å². The molecule has 1 heterocycles. The second-order valence-corrected chi connectivity index (χ2v) is 3.58. The Morgan fingerprint density at radius 2 is 2.15 bits per heavy atom. The van der Waals surface area contributed by atoms with Gasteiger partial charge in [-0.25, -0.2) is 0 Å². The first-order chi connectivity index (χ1) is 6.38. The summed E-state index contributed by atoms with van der Waals surface area (Å²) in [5.74, 6) is 0. The molecule has 0 spiro atoms. The lowest BCUT2D eigenvalue weighted by Crippen LogP contribution is -2.46. The number of rotatable bonds is 0. The van der Waals surface area contributed by atoms with Crippen molar-refractivity contribution in [1.82, 2.24) is 10.2 Å². The fraction of sp³-hybridized carbons (Fsp3) is 0.455. The third kappa shape index (κ3) is 1.83. The Balaban J connectivity index is 2.17. The second-order valence-electron chi connectivity index (χ2n) is 3.58. The van der Waals surface area contributed by atoms with Crippen molar-refractivity contribution in [2.24, 2.45) is 0 Å². The van der Waals surface area contributed by atoms with Crippen molar-refractivity contribution >= 4 is 0 Å². The van der Waals surface area contributed by atoms with Crippen LogP contribution in [0.4, 0.5) is 0 Å². The van der Waals surface area contributed by atoms with Crippen LogP contribution in [-0.4, -0.2) is 30.6 Å². The number of hydrogen-bond donors (Lipinski definition) is 1. The Bertz CT molecular complexity index is 253. The number of allylic oxidation sites excluding steroid dienone is 2. The van der Waals surface area contributed by atoms with Crippen molar-refractivity contribution in [1.29, 1.82) is 0 Å². The van der Waals surface area contributed by atoms with Crippen LogP contribution in [0.2, 0.25) is 0 Å². The van der Waals surface area contributed by atoms with Crippen molar-refractivity contribution in [2.45, 2.75) is 18.5 Å². The molecule has 1 N–H and O–H groups in total. The van der Waals surface area contributed by atoms with Gasteiger partial charge in [-0.05, 0) is 19.2 Å². The zero-order chi connectivity index (χ0) is 9.10. The van der Waals surface area contributed by atoms with Gasteiger partial charge in [-0.1, -0.05) is 30.4 Å². The minimum atomic E-state index is 0.472. The Morgan fingerprint density at radius 3 is 3.08 bits per heavy atom. The molecule has 13 heavy (non-hydrogen) atoms. The Morgan fingerprint density at radius 1 is 1.31 bits per heavy atom. The van der Waals surface area contributed by atoms with Gasteiger partial charge in [-0.3, -0.25) is 0 Å². The highest BCUT2D eigenvalue weighted by atomic mass is 15.1. The van der Waals surface area contributed by atoms with Crippen molar-refractivity contribution < 1.29 is 0 Å². The summed E-state index contributed by atoms with van der Waals surface area (Å²) >= 11 is 0. The lowest BCUT2D eigenvalue weighted by molar-refractivity contribution is 0.320. The molecule has 70 valence electrons. The van der Waals surface area contributed by atoms with E-state index in [4.69, 9.17) is 0 Å². The highest BCUT2D eigenvalue weighted by molar-refractivity contribution is 5.21. The van der Waals surface area contributed by atoms with Gasteiger partial charge in [0.15, 0.2) is 0 Å². The first-order valence-corrected chi connectivity index (χ1v) is 4.85. The fourth-order valence-electron chi connectivity index (χ4n) is 1.85. The number of hydrogen-bond acceptors (Lipinski definition) is 2. The SMILES string of the molecule is CN1/C=C\CCNC2C=CC=CC21. The van der Waals surface area contributed by atoms with Gasteiger partial charge in [-0.15, -0.1) is 0 Å². The van der Waals surface area contributed by atoms with Gasteiger partial charge >= 0.3 is 0 Å². The van der Waals surface area contributed by atoms with E-state index in [9.17, 15) is 0 Å². The molecule has 2 aliphatic rings. The predicted octanol–water partition coefficient (Wildman–Crippen LogP) is 1.29. The Kier molecular flexibility index (Phi) is 2.50. The summed E-state index contributed by atoms with van der Waals surface area (Å²) in [6.45, 7) is 1.07. The van der Waals surface area contributed by atoms with E-state index in [1.807, 2.05) is 0 Å². The van der Waals surface area contributed by atoms with E-state index in [2.05, 4.69) is 53.8 Å². The summed E-state index contributed by atoms with van der Waals surface area (Å²) in [5.41, 5.74) is 0. The van der Waals surface area contributed by atoms with Crippen LogP contribution < -0.4 is 5.32 Å². The van der Waals surface area contributed by atoms with Crippen LogP contribution in [0.3, 0.4) is 0 Å². The molecule has 2 nitrogen and oxygen atoms in total. The maximum atomic E-state index is 3.52. The van der Waals surface area contributed by atoms with Crippen LogP contribution in [0, 0.1) is 0 Å². The second kappa shape index (κ2) is 3.79. The quantitative estimate of drug-likeness (QED) is 0.598. The molecule has 1 aliphatic carbocycles. The highest BCUT2D eigenvalue weighted by Gasteiger charge is 2.20. The number of likely N-dealkylation sites (N-methyl/N-ethyl adjacent to an activating group) is 1. The number of nitrogens with zero attached hydrogens (tertiary/aromatic N) is 1. The maximum Gasteiger partial charge on any atom is 0.0656 e. The van der Waals surface area contributed by atoms with Crippen LogP contribution in [0.15, 0.2) is 36.6 Å². The van der Waals surface area contributed by atoms with Gasteiger partial charge in [0.05, 0.1) is 6.04 Å². The molecular formula is C11H16N2. The molecule has 2 unspecified atom stereocenters. The molecule has 0 fully saturated rings. The molecule has 0 saturated carbocycles. The zero-order valence-electron chi connectivity index (χ0n) is 7.98. The predicted molar refractivity (Wildman–Crippen MR) is 55.4 cm³/mol. The smallest absolute Gasteiger partial charge is 0.0656 e. The molecule has 1 aliphatic heterocycles. The third-order valence-corrected chi connectivity index (χ3v) is 2.61. The highest BCUT2D eigenvalue weighted by Crippen LogP contribution is 2.13. The molecule has 0 bridgehead atoms. The van der Waals surface area contributed by atoms with E-state index in [1.165, 1.54) is 0 Å². The average Bonchev–Trinajstić information content (AvgIpc) is 2.14. The summed E-state index contributed by atoms with van der Waals surface area (Å²) in [4.78, 5) is 2.26. The minimum absolute atomic E-state index is 0.472. The lowest BCUT2D eigenvalue weighted by atomic mass is 10.0. The molecule has 2 heteroatoms. The van der Waals surface area contributed by atoms with E-state index in [-0.39, 0.29) is 0 Å². The van der Waals surface area contributed by atoms with Crippen LogP contribution in [-0.2, 0) is 0 Å². The lowest BCUT2D eigenvalue weighted by Gasteiger charge is -2.33. The zero-order valence-corrected chi connectivity index (χ0v) is 7.98. The van der Waals surface area contributed by atoms with Crippen LogP contribution in [0.1, 0.15) is 6.42 Å². The number of fused-ring (bicyclic) bond motifs is 1. The molecule has 0 saturated heterocycles. The van der Waals surface area contributed by atoms with Gasteiger partial charge < -0.3 is 10.2 Å². The maximum absolute atomic E-state index is 3.52. The summed E-state index contributed by atoms with van der Waals surface area (Å²) in [7, 11) is 2.13. The first kappa shape index (κ1) is 8.57. The molecule has 0 aromatic rings. The average molecular weight is 176 g/mol. The van der Waals surface area contributed by atoms with Crippen LogP contribution >= 0.6 is 0 Å². The molecule has 0 amide bonds.